The Morgan fingerprint density at radius 3 is 2.12 bits per heavy atom. The second-order valence-corrected chi connectivity index (χ2v) is 6.72. The molecule has 0 amide bonds. The van der Waals surface area contributed by atoms with E-state index < -0.39 is 0 Å². The molecule has 134 valence electrons. The number of benzene rings is 3. The van der Waals surface area contributed by atoms with Crippen molar-refractivity contribution in [2.45, 2.75) is 33.6 Å². The molecule has 26 heavy (non-hydrogen) atoms. The second kappa shape index (κ2) is 8.33. The van der Waals surface area contributed by atoms with Crippen LogP contribution >= 0.6 is 12.2 Å². The SMILES string of the molecule is CCc1cccc(CC)c1NC(=S)N(CC)c1cccc2ccccc12. The van der Waals surface area contributed by atoms with Gasteiger partial charge in [-0.25, -0.2) is 0 Å². The Balaban J connectivity index is 1.98. The van der Waals surface area contributed by atoms with Crippen LogP contribution in [-0.2, 0) is 12.8 Å². The maximum atomic E-state index is 5.83. The highest BCUT2D eigenvalue weighted by molar-refractivity contribution is 7.80. The summed E-state index contributed by atoms with van der Waals surface area (Å²) in [5, 5.41) is 6.76. The standard InChI is InChI=1S/C23H26N2S/c1-4-17-12-9-13-18(5-2)22(17)24-23(26)25(6-3)21-16-10-14-19-11-7-8-15-20(19)21/h7-16H,4-6H2,1-3H3,(H,24,26). The molecule has 0 heterocycles. The Morgan fingerprint density at radius 2 is 1.46 bits per heavy atom. The first-order valence-electron chi connectivity index (χ1n) is 9.36. The van der Waals surface area contributed by atoms with Crippen molar-refractivity contribution in [3.8, 4) is 0 Å². The van der Waals surface area contributed by atoms with Crippen LogP contribution in [0.3, 0.4) is 0 Å². The third-order valence-corrected chi connectivity index (χ3v) is 5.17. The Bertz CT molecular complexity index is 889. The largest absolute Gasteiger partial charge is 0.332 e. The summed E-state index contributed by atoms with van der Waals surface area (Å²) in [6.07, 6.45) is 1.97. The molecule has 3 rings (SSSR count). The fraction of sp³-hybridized carbons (Fsp3) is 0.261. The van der Waals surface area contributed by atoms with E-state index in [1.807, 2.05) is 0 Å². The van der Waals surface area contributed by atoms with Crippen LogP contribution in [0.25, 0.3) is 10.8 Å². The zero-order valence-corrected chi connectivity index (χ0v) is 16.6. The third-order valence-electron chi connectivity index (χ3n) is 4.85. The van der Waals surface area contributed by atoms with Crippen molar-refractivity contribution in [1.29, 1.82) is 0 Å². The quantitative estimate of drug-likeness (QED) is 0.545. The van der Waals surface area contributed by atoms with Crippen LogP contribution in [0.15, 0.2) is 60.7 Å². The summed E-state index contributed by atoms with van der Waals surface area (Å²) < 4.78 is 0. The molecule has 3 aromatic rings. The van der Waals surface area contributed by atoms with Gasteiger partial charge in [-0.05, 0) is 54.6 Å². The molecule has 0 aliphatic heterocycles. The Kier molecular flexibility index (Phi) is 5.89. The molecule has 0 saturated heterocycles. The molecule has 1 N–H and O–H groups in total. The van der Waals surface area contributed by atoms with Crippen LogP contribution in [0.1, 0.15) is 31.9 Å². The van der Waals surface area contributed by atoms with E-state index in [1.165, 1.54) is 27.6 Å². The summed E-state index contributed by atoms with van der Waals surface area (Å²) in [5.74, 6) is 0. The number of fused-ring (bicyclic) bond motifs is 1. The lowest BCUT2D eigenvalue weighted by molar-refractivity contribution is 1.06. The van der Waals surface area contributed by atoms with Crippen LogP contribution < -0.4 is 10.2 Å². The van der Waals surface area contributed by atoms with Crippen molar-refractivity contribution in [2.75, 3.05) is 16.8 Å². The molecular weight excluding hydrogens is 336 g/mol. The lowest BCUT2D eigenvalue weighted by Crippen LogP contribution is -2.35. The smallest absolute Gasteiger partial charge is 0.177 e. The zero-order chi connectivity index (χ0) is 18.5. The van der Waals surface area contributed by atoms with Gasteiger partial charge in [0.15, 0.2) is 5.11 Å². The minimum absolute atomic E-state index is 0.749. The van der Waals surface area contributed by atoms with E-state index in [4.69, 9.17) is 12.2 Å². The lowest BCUT2D eigenvalue weighted by Gasteiger charge is -2.27. The van der Waals surface area contributed by atoms with E-state index in [9.17, 15) is 0 Å². The summed E-state index contributed by atoms with van der Waals surface area (Å²) >= 11 is 5.83. The minimum Gasteiger partial charge on any atom is -0.332 e. The molecule has 2 nitrogen and oxygen atoms in total. The second-order valence-electron chi connectivity index (χ2n) is 6.33. The average molecular weight is 363 g/mol. The molecule has 3 aromatic carbocycles. The molecule has 0 saturated carbocycles. The zero-order valence-electron chi connectivity index (χ0n) is 15.8. The summed E-state index contributed by atoms with van der Waals surface area (Å²) in [7, 11) is 0. The number of rotatable bonds is 5. The van der Waals surface area contributed by atoms with Gasteiger partial charge in [0.25, 0.3) is 0 Å². The number of anilines is 2. The van der Waals surface area contributed by atoms with Crippen molar-refractivity contribution in [1.82, 2.24) is 0 Å². The minimum atomic E-state index is 0.749. The van der Waals surface area contributed by atoms with E-state index in [-0.39, 0.29) is 0 Å². The highest BCUT2D eigenvalue weighted by atomic mass is 32.1. The van der Waals surface area contributed by atoms with E-state index in [0.717, 1.165) is 30.2 Å². The third kappa shape index (κ3) is 3.58. The number of aryl methyl sites for hydroxylation is 2. The van der Waals surface area contributed by atoms with Crippen LogP contribution in [0.2, 0.25) is 0 Å². The van der Waals surface area contributed by atoms with Gasteiger partial charge in [0.1, 0.15) is 0 Å². The first-order chi connectivity index (χ1) is 12.7. The molecule has 0 fully saturated rings. The Hall–Kier alpha value is -2.39. The van der Waals surface area contributed by atoms with Crippen LogP contribution in [0, 0.1) is 0 Å². The Morgan fingerprint density at radius 1 is 0.846 bits per heavy atom. The molecule has 0 bridgehead atoms. The number of nitrogens with zero attached hydrogens (tertiary/aromatic N) is 1. The fourth-order valence-electron chi connectivity index (χ4n) is 3.44. The van der Waals surface area contributed by atoms with E-state index >= 15 is 0 Å². The van der Waals surface area contributed by atoms with Crippen molar-refractivity contribution in [2.24, 2.45) is 0 Å². The van der Waals surface area contributed by atoms with Gasteiger partial charge in [-0.2, -0.15) is 0 Å². The monoisotopic (exact) mass is 362 g/mol. The summed E-state index contributed by atoms with van der Waals surface area (Å²) in [6.45, 7) is 7.33. The van der Waals surface area contributed by atoms with Gasteiger partial charge in [0, 0.05) is 17.6 Å². The maximum Gasteiger partial charge on any atom is 0.177 e. The number of hydrogen-bond donors (Lipinski definition) is 1. The average Bonchev–Trinajstić information content (AvgIpc) is 2.69. The van der Waals surface area contributed by atoms with Crippen LogP contribution in [-0.4, -0.2) is 11.7 Å². The molecule has 0 unspecified atom stereocenters. The van der Waals surface area contributed by atoms with Crippen molar-refractivity contribution in [3.63, 3.8) is 0 Å². The van der Waals surface area contributed by atoms with E-state index in [1.54, 1.807) is 0 Å². The molecular formula is C23H26N2S. The van der Waals surface area contributed by atoms with Crippen molar-refractivity contribution >= 4 is 39.5 Å². The van der Waals surface area contributed by atoms with Gasteiger partial charge >= 0.3 is 0 Å². The number of thiocarbonyl (C=S) groups is 1. The van der Waals surface area contributed by atoms with Gasteiger partial charge in [-0.1, -0.05) is 68.4 Å². The van der Waals surface area contributed by atoms with E-state index in [2.05, 4.69) is 91.7 Å². The van der Waals surface area contributed by atoms with Gasteiger partial charge in [0.2, 0.25) is 0 Å². The molecule has 0 aliphatic rings. The molecule has 0 aromatic heterocycles. The Labute approximate surface area is 161 Å². The van der Waals surface area contributed by atoms with E-state index in [0.29, 0.717) is 0 Å². The first-order valence-corrected chi connectivity index (χ1v) is 9.77. The first kappa shape index (κ1) is 18.4. The number of para-hydroxylation sites is 1. The number of hydrogen-bond acceptors (Lipinski definition) is 1. The molecule has 0 aliphatic carbocycles. The predicted molar refractivity (Wildman–Crippen MR) is 118 cm³/mol. The summed E-state index contributed by atoms with van der Waals surface area (Å²) in [4.78, 5) is 2.18. The van der Waals surface area contributed by atoms with Crippen LogP contribution in [0.4, 0.5) is 11.4 Å². The van der Waals surface area contributed by atoms with Crippen molar-refractivity contribution < 1.29 is 0 Å². The highest BCUT2D eigenvalue weighted by Crippen LogP contribution is 2.28. The van der Waals surface area contributed by atoms with Crippen LogP contribution in [0.5, 0.6) is 0 Å². The topological polar surface area (TPSA) is 15.3 Å². The highest BCUT2D eigenvalue weighted by Gasteiger charge is 2.15. The molecule has 0 spiro atoms. The van der Waals surface area contributed by atoms with Crippen molar-refractivity contribution in [3.05, 3.63) is 71.8 Å². The van der Waals surface area contributed by atoms with Gasteiger partial charge < -0.3 is 10.2 Å². The molecule has 0 radical (unpaired) electrons. The maximum absolute atomic E-state index is 5.83. The fourth-order valence-corrected chi connectivity index (χ4v) is 3.77. The van der Waals surface area contributed by atoms with Gasteiger partial charge in [0.05, 0.1) is 5.69 Å². The van der Waals surface area contributed by atoms with Gasteiger partial charge in [-0.3, -0.25) is 0 Å². The summed E-state index contributed by atoms with van der Waals surface area (Å²) in [6, 6.07) is 21.3. The molecule has 3 heteroatoms. The lowest BCUT2D eigenvalue weighted by atomic mass is 10.0. The predicted octanol–water partition coefficient (Wildman–Crippen LogP) is 6.19. The normalized spacial score (nSPS) is 10.7. The summed E-state index contributed by atoms with van der Waals surface area (Å²) in [5.41, 5.74) is 4.93. The number of nitrogens with one attached hydrogen (secondary N) is 1. The molecule has 0 atom stereocenters. The van der Waals surface area contributed by atoms with Gasteiger partial charge in [-0.15, -0.1) is 0 Å².